The van der Waals surface area contributed by atoms with Gasteiger partial charge in [0.1, 0.15) is 0 Å². The van der Waals surface area contributed by atoms with E-state index >= 15 is 0 Å². The molecule has 1 rings (SSSR count). The van der Waals surface area contributed by atoms with Gasteiger partial charge in [-0.3, -0.25) is 4.79 Å². The second kappa shape index (κ2) is 3.63. The van der Waals surface area contributed by atoms with Crippen molar-refractivity contribution in [3.8, 4) is 0 Å². The molecule has 5 nitrogen and oxygen atoms in total. The summed E-state index contributed by atoms with van der Waals surface area (Å²) in [4.78, 5) is 24.8. The minimum atomic E-state index is -1.03. The third kappa shape index (κ3) is 1.54. The maximum Gasteiger partial charge on any atom is 0.337 e. The van der Waals surface area contributed by atoms with Gasteiger partial charge in [-0.25, -0.2) is 4.79 Å². The number of H-pyrrole nitrogens is 1. The number of hydrogen-bond donors (Lipinski definition) is 3. The largest absolute Gasteiger partial charge is 0.478 e. The summed E-state index contributed by atoms with van der Waals surface area (Å²) >= 11 is 0. The third-order valence-electron chi connectivity index (χ3n) is 2.12. The SMILES string of the molecule is Cc1[nH]c(C(=O)CN)c(C)c1C(=O)O. The molecule has 0 spiro atoms. The molecule has 0 atom stereocenters. The van der Waals surface area contributed by atoms with Crippen molar-refractivity contribution >= 4 is 11.8 Å². The van der Waals surface area contributed by atoms with Gasteiger partial charge >= 0.3 is 5.97 Å². The van der Waals surface area contributed by atoms with Crippen molar-refractivity contribution in [1.82, 2.24) is 4.98 Å². The summed E-state index contributed by atoms with van der Waals surface area (Å²) in [5.74, 6) is -1.31. The quantitative estimate of drug-likeness (QED) is 0.612. The first-order valence-corrected chi connectivity index (χ1v) is 4.14. The van der Waals surface area contributed by atoms with E-state index in [9.17, 15) is 9.59 Å². The highest BCUT2D eigenvalue weighted by Gasteiger charge is 2.20. The molecule has 0 bridgehead atoms. The number of carbonyl (C=O) groups is 2. The summed E-state index contributed by atoms with van der Waals surface area (Å²) in [7, 11) is 0. The molecule has 4 N–H and O–H groups in total. The van der Waals surface area contributed by atoms with E-state index in [0.717, 1.165) is 0 Å². The Balaban J connectivity index is 3.30. The van der Waals surface area contributed by atoms with Crippen LogP contribution in [-0.4, -0.2) is 28.4 Å². The number of aromatic nitrogens is 1. The van der Waals surface area contributed by atoms with Gasteiger partial charge in [-0.15, -0.1) is 0 Å². The van der Waals surface area contributed by atoms with Crippen LogP contribution in [0.15, 0.2) is 0 Å². The van der Waals surface area contributed by atoms with E-state index in [2.05, 4.69) is 4.98 Å². The van der Waals surface area contributed by atoms with Gasteiger partial charge in [0, 0.05) is 5.69 Å². The Morgan fingerprint density at radius 2 is 2.00 bits per heavy atom. The van der Waals surface area contributed by atoms with Crippen molar-refractivity contribution < 1.29 is 14.7 Å². The van der Waals surface area contributed by atoms with Crippen molar-refractivity contribution in [2.45, 2.75) is 13.8 Å². The molecule has 0 radical (unpaired) electrons. The zero-order chi connectivity index (χ0) is 10.9. The Kier molecular flexibility index (Phi) is 2.71. The van der Waals surface area contributed by atoms with Crippen LogP contribution < -0.4 is 5.73 Å². The summed E-state index contributed by atoms with van der Waals surface area (Å²) in [5.41, 5.74) is 6.57. The molecule has 1 aromatic rings. The third-order valence-corrected chi connectivity index (χ3v) is 2.12. The Morgan fingerprint density at radius 1 is 1.43 bits per heavy atom. The summed E-state index contributed by atoms with van der Waals surface area (Å²) < 4.78 is 0. The maximum atomic E-state index is 11.3. The monoisotopic (exact) mass is 196 g/mol. The van der Waals surface area contributed by atoms with Gasteiger partial charge in [-0.1, -0.05) is 0 Å². The highest BCUT2D eigenvalue weighted by Crippen LogP contribution is 2.17. The molecule has 5 heteroatoms. The second-order valence-corrected chi connectivity index (χ2v) is 3.06. The lowest BCUT2D eigenvalue weighted by Gasteiger charge is -1.95. The van der Waals surface area contributed by atoms with E-state index in [4.69, 9.17) is 10.8 Å². The number of carbonyl (C=O) groups excluding carboxylic acids is 1. The molecule has 1 aromatic heterocycles. The lowest BCUT2D eigenvalue weighted by molar-refractivity contribution is 0.0695. The number of aromatic amines is 1. The van der Waals surface area contributed by atoms with Gasteiger partial charge in [0.25, 0.3) is 0 Å². The first-order valence-electron chi connectivity index (χ1n) is 4.14. The van der Waals surface area contributed by atoms with Crippen LogP contribution in [0.2, 0.25) is 0 Å². The van der Waals surface area contributed by atoms with E-state index in [-0.39, 0.29) is 17.9 Å². The molecule has 0 aliphatic rings. The fourth-order valence-electron chi connectivity index (χ4n) is 1.45. The van der Waals surface area contributed by atoms with Gasteiger partial charge < -0.3 is 15.8 Å². The molecule has 0 amide bonds. The number of carboxylic acids is 1. The highest BCUT2D eigenvalue weighted by molar-refractivity contribution is 6.01. The van der Waals surface area contributed by atoms with Gasteiger partial charge in [0.2, 0.25) is 0 Å². The summed E-state index contributed by atoms with van der Waals surface area (Å²) in [6.07, 6.45) is 0. The number of aryl methyl sites for hydroxylation is 1. The Hall–Kier alpha value is -1.62. The molecular formula is C9H12N2O3. The minimum absolute atomic E-state index is 0.125. The number of ketones is 1. The number of hydrogen-bond acceptors (Lipinski definition) is 3. The number of rotatable bonds is 3. The van der Waals surface area contributed by atoms with Crippen LogP contribution in [0.3, 0.4) is 0 Å². The number of nitrogens with two attached hydrogens (primary N) is 1. The van der Waals surface area contributed by atoms with Gasteiger partial charge in [-0.05, 0) is 19.4 Å². The Morgan fingerprint density at radius 3 is 2.36 bits per heavy atom. The predicted molar refractivity (Wildman–Crippen MR) is 50.6 cm³/mol. The Labute approximate surface area is 80.9 Å². The van der Waals surface area contributed by atoms with Crippen molar-refractivity contribution in [1.29, 1.82) is 0 Å². The zero-order valence-electron chi connectivity index (χ0n) is 8.05. The van der Waals surface area contributed by atoms with Crippen LogP contribution in [-0.2, 0) is 0 Å². The molecule has 0 aliphatic carbocycles. The van der Waals surface area contributed by atoms with E-state index in [0.29, 0.717) is 17.0 Å². The maximum absolute atomic E-state index is 11.3. The van der Waals surface area contributed by atoms with Crippen molar-refractivity contribution in [2.24, 2.45) is 5.73 Å². The first-order chi connectivity index (χ1) is 6.49. The normalized spacial score (nSPS) is 10.2. The molecule has 0 fully saturated rings. The van der Waals surface area contributed by atoms with Gasteiger partial charge in [0.15, 0.2) is 5.78 Å². The summed E-state index contributed by atoms with van der Waals surface area (Å²) in [6.45, 7) is 3.08. The number of Topliss-reactive ketones (excluding diaryl/α,β-unsaturated/α-hetero) is 1. The lowest BCUT2D eigenvalue weighted by Crippen LogP contribution is -2.15. The molecule has 1 heterocycles. The molecule has 0 unspecified atom stereocenters. The average molecular weight is 196 g/mol. The van der Waals surface area contributed by atoms with E-state index < -0.39 is 5.97 Å². The van der Waals surface area contributed by atoms with E-state index in [1.165, 1.54) is 0 Å². The number of aromatic carboxylic acids is 1. The minimum Gasteiger partial charge on any atom is -0.478 e. The van der Waals surface area contributed by atoms with Crippen LogP contribution in [0.1, 0.15) is 32.1 Å². The van der Waals surface area contributed by atoms with Crippen LogP contribution in [0.5, 0.6) is 0 Å². The van der Waals surface area contributed by atoms with Crippen molar-refractivity contribution in [3.05, 3.63) is 22.5 Å². The average Bonchev–Trinajstić information content (AvgIpc) is 2.40. The topological polar surface area (TPSA) is 96.2 Å². The molecular weight excluding hydrogens is 184 g/mol. The lowest BCUT2D eigenvalue weighted by atomic mass is 10.1. The van der Waals surface area contributed by atoms with Crippen molar-refractivity contribution in [2.75, 3.05) is 6.54 Å². The fraction of sp³-hybridized carbons (Fsp3) is 0.333. The number of carboxylic acid groups (broad SMARTS) is 1. The first kappa shape index (κ1) is 10.5. The summed E-state index contributed by atoms with van der Waals surface area (Å²) in [5, 5.41) is 8.85. The molecule has 0 aliphatic heterocycles. The van der Waals surface area contributed by atoms with Crippen LogP contribution >= 0.6 is 0 Å². The molecule has 14 heavy (non-hydrogen) atoms. The van der Waals surface area contributed by atoms with Gasteiger partial charge in [0.05, 0.1) is 17.8 Å². The van der Waals surface area contributed by atoms with E-state index in [1.807, 2.05) is 0 Å². The van der Waals surface area contributed by atoms with Crippen molar-refractivity contribution in [3.63, 3.8) is 0 Å². The molecule has 0 saturated carbocycles. The van der Waals surface area contributed by atoms with E-state index in [1.54, 1.807) is 13.8 Å². The van der Waals surface area contributed by atoms with Gasteiger partial charge in [-0.2, -0.15) is 0 Å². The Bertz CT molecular complexity index is 393. The zero-order valence-corrected chi connectivity index (χ0v) is 8.05. The van der Waals surface area contributed by atoms with Crippen LogP contribution in [0, 0.1) is 13.8 Å². The standard InChI is InChI=1S/C9H12N2O3/c1-4-7(9(13)14)5(2)11-8(4)6(12)3-10/h11H,3,10H2,1-2H3,(H,13,14). The van der Waals surface area contributed by atoms with Crippen LogP contribution in [0.25, 0.3) is 0 Å². The number of nitrogens with one attached hydrogen (secondary N) is 1. The molecule has 0 saturated heterocycles. The smallest absolute Gasteiger partial charge is 0.337 e. The summed E-state index contributed by atoms with van der Waals surface area (Å²) in [6, 6.07) is 0. The molecule has 0 aromatic carbocycles. The molecule has 76 valence electrons. The second-order valence-electron chi connectivity index (χ2n) is 3.06. The van der Waals surface area contributed by atoms with Crippen LogP contribution in [0.4, 0.5) is 0 Å². The highest BCUT2D eigenvalue weighted by atomic mass is 16.4. The predicted octanol–water partition coefficient (Wildman–Crippen LogP) is 0.471. The fourth-order valence-corrected chi connectivity index (χ4v) is 1.45.